The second kappa shape index (κ2) is 4.80. The summed E-state index contributed by atoms with van der Waals surface area (Å²) >= 11 is 0. The summed E-state index contributed by atoms with van der Waals surface area (Å²) in [6.07, 6.45) is 0. The van der Waals surface area contributed by atoms with Gasteiger partial charge >= 0.3 is 0 Å². The van der Waals surface area contributed by atoms with Gasteiger partial charge in [-0.3, -0.25) is 0 Å². The van der Waals surface area contributed by atoms with Crippen LogP contribution in [-0.2, 0) is 0 Å². The zero-order chi connectivity index (χ0) is 11.4. The first-order valence-electron chi connectivity index (χ1n) is 5.28. The summed E-state index contributed by atoms with van der Waals surface area (Å²) in [6, 6.07) is 20.3. The number of benzene rings is 2. The van der Waals surface area contributed by atoms with E-state index in [0.717, 1.165) is 22.3 Å². The highest BCUT2D eigenvalue weighted by atomic mass is 14.1. The van der Waals surface area contributed by atoms with Crippen LogP contribution in [0.15, 0.2) is 60.7 Å². The van der Waals surface area contributed by atoms with Crippen molar-refractivity contribution in [3.8, 4) is 0 Å². The molecule has 0 saturated heterocycles. The standard InChI is InChI=1S/C16H14/c1-13(15-9-5-3-6-10-15)14(2)16-11-7-4-8-12-16/h3-12H,1-2H2/b14-13+. The van der Waals surface area contributed by atoms with E-state index in [1.165, 1.54) is 0 Å². The molecule has 78 valence electrons. The lowest BCUT2D eigenvalue weighted by atomic mass is 9.97. The lowest BCUT2D eigenvalue weighted by Crippen LogP contribution is -1.85. The summed E-state index contributed by atoms with van der Waals surface area (Å²) in [4.78, 5) is 0. The Hall–Kier alpha value is -1.82. The molecular weight excluding hydrogens is 192 g/mol. The molecule has 2 rings (SSSR count). The predicted octanol–water partition coefficient (Wildman–Crippen LogP) is 4.27. The average molecular weight is 206 g/mol. The molecule has 2 aromatic carbocycles. The zero-order valence-electron chi connectivity index (χ0n) is 9.19. The van der Waals surface area contributed by atoms with E-state index >= 15 is 0 Å². The molecular formula is C16H14. The van der Waals surface area contributed by atoms with E-state index < -0.39 is 0 Å². The van der Waals surface area contributed by atoms with Crippen LogP contribution in [-0.4, -0.2) is 0 Å². The summed E-state index contributed by atoms with van der Waals surface area (Å²) in [5.41, 5.74) is 4.20. The lowest BCUT2D eigenvalue weighted by Gasteiger charge is -2.08. The molecule has 0 atom stereocenters. The molecule has 0 fully saturated rings. The summed E-state index contributed by atoms with van der Waals surface area (Å²) < 4.78 is 0. The molecule has 0 nitrogen and oxygen atoms in total. The molecule has 2 radical (unpaired) electrons. The van der Waals surface area contributed by atoms with Gasteiger partial charge in [0.2, 0.25) is 0 Å². The molecule has 0 aliphatic heterocycles. The summed E-state index contributed by atoms with van der Waals surface area (Å²) in [5.74, 6) is 0. The van der Waals surface area contributed by atoms with E-state index in [-0.39, 0.29) is 0 Å². The third-order valence-electron chi connectivity index (χ3n) is 2.61. The van der Waals surface area contributed by atoms with Gasteiger partial charge in [0.15, 0.2) is 0 Å². The van der Waals surface area contributed by atoms with Gasteiger partial charge in [-0.05, 0) is 36.1 Å². The van der Waals surface area contributed by atoms with Crippen molar-refractivity contribution in [1.29, 1.82) is 0 Å². The molecule has 0 bridgehead atoms. The van der Waals surface area contributed by atoms with Crippen molar-refractivity contribution < 1.29 is 0 Å². The average Bonchev–Trinajstić information content (AvgIpc) is 2.39. The summed E-state index contributed by atoms with van der Waals surface area (Å²) in [7, 11) is 0. The van der Waals surface area contributed by atoms with Gasteiger partial charge in [-0.25, -0.2) is 0 Å². The third-order valence-corrected chi connectivity index (χ3v) is 2.61. The Bertz CT molecular complexity index is 430. The second-order valence-corrected chi connectivity index (χ2v) is 3.69. The highest BCUT2D eigenvalue weighted by Crippen LogP contribution is 2.24. The minimum absolute atomic E-state index is 0.979. The maximum atomic E-state index is 4.10. The number of rotatable bonds is 2. The highest BCUT2D eigenvalue weighted by molar-refractivity contribution is 5.94. The molecule has 0 heteroatoms. The van der Waals surface area contributed by atoms with Gasteiger partial charge in [-0.2, -0.15) is 0 Å². The normalized spacial score (nSPS) is 12.1. The first-order chi connectivity index (χ1) is 7.79. The van der Waals surface area contributed by atoms with Crippen LogP contribution in [0.1, 0.15) is 11.1 Å². The maximum absolute atomic E-state index is 4.10. The highest BCUT2D eigenvalue weighted by Gasteiger charge is 2.01. The Balaban J connectivity index is 2.43. The Morgan fingerprint density at radius 3 is 1.19 bits per heavy atom. The fourth-order valence-corrected chi connectivity index (χ4v) is 1.63. The van der Waals surface area contributed by atoms with Gasteiger partial charge in [0.05, 0.1) is 0 Å². The minimum Gasteiger partial charge on any atom is -0.0622 e. The van der Waals surface area contributed by atoms with Gasteiger partial charge < -0.3 is 0 Å². The van der Waals surface area contributed by atoms with Gasteiger partial charge in [0.25, 0.3) is 0 Å². The largest absolute Gasteiger partial charge is 0.0622 e. The maximum Gasteiger partial charge on any atom is -0.0221 e. The smallest absolute Gasteiger partial charge is 0.0221 e. The topological polar surface area (TPSA) is 0 Å². The quantitative estimate of drug-likeness (QED) is 0.644. The van der Waals surface area contributed by atoms with Crippen LogP contribution < -0.4 is 0 Å². The van der Waals surface area contributed by atoms with Gasteiger partial charge in [-0.15, -0.1) is 0 Å². The van der Waals surface area contributed by atoms with E-state index in [4.69, 9.17) is 0 Å². The molecule has 0 N–H and O–H groups in total. The van der Waals surface area contributed by atoms with Crippen molar-refractivity contribution in [3.63, 3.8) is 0 Å². The van der Waals surface area contributed by atoms with Gasteiger partial charge in [0, 0.05) is 0 Å². The van der Waals surface area contributed by atoms with Crippen LogP contribution in [0.4, 0.5) is 0 Å². The lowest BCUT2D eigenvalue weighted by molar-refractivity contribution is 1.59. The Labute approximate surface area is 97.3 Å². The number of allylic oxidation sites excluding steroid dienone is 2. The van der Waals surface area contributed by atoms with Gasteiger partial charge in [0.1, 0.15) is 0 Å². The Morgan fingerprint density at radius 1 is 0.562 bits per heavy atom. The van der Waals surface area contributed by atoms with E-state index in [1.54, 1.807) is 0 Å². The van der Waals surface area contributed by atoms with Crippen molar-refractivity contribution in [1.82, 2.24) is 0 Å². The van der Waals surface area contributed by atoms with E-state index in [9.17, 15) is 0 Å². The van der Waals surface area contributed by atoms with E-state index in [2.05, 4.69) is 38.1 Å². The number of hydrogen-bond acceptors (Lipinski definition) is 0. The van der Waals surface area contributed by atoms with Crippen LogP contribution in [0.5, 0.6) is 0 Å². The minimum atomic E-state index is 0.979. The predicted molar refractivity (Wildman–Crippen MR) is 70.4 cm³/mol. The number of hydrogen-bond donors (Lipinski definition) is 0. The van der Waals surface area contributed by atoms with Crippen LogP contribution in [0.2, 0.25) is 0 Å². The summed E-state index contributed by atoms with van der Waals surface area (Å²) in [5, 5.41) is 0. The Morgan fingerprint density at radius 2 is 0.875 bits per heavy atom. The Kier molecular flexibility index (Phi) is 3.21. The molecule has 16 heavy (non-hydrogen) atoms. The summed E-state index contributed by atoms with van der Waals surface area (Å²) in [6.45, 7) is 8.20. The van der Waals surface area contributed by atoms with Crippen molar-refractivity contribution in [2.45, 2.75) is 0 Å². The molecule has 0 heterocycles. The third kappa shape index (κ3) is 2.22. The molecule has 2 aromatic rings. The van der Waals surface area contributed by atoms with Gasteiger partial charge in [-0.1, -0.05) is 60.7 Å². The van der Waals surface area contributed by atoms with Crippen molar-refractivity contribution in [3.05, 3.63) is 85.6 Å². The van der Waals surface area contributed by atoms with E-state index in [1.807, 2.05) is 36.4 Å². The SMILES string of the molecule is [CH2]/C(=C(/[CH2])c1ccccc1)c1ccccc1. The first-order valence-corrected chi connectivity index (χ1v) is 5.28. The molecule has 0 amide bonds. The van der Waals surface area contributed by atoms with Crippen LogP contribution >= 0.6 is 0 Å². The van der Waals surface area contributed by atoms with Crippen molar-refractivity contribution >= 4 is 11.1 Å². The molecule has 0 unspecified atom stereocenters. The van der Waals surface area contributed by atoms with Crippen LogP contribution in [0.25, 0.3) is 11.1 Å². The van der Waals surface area contributed by atoms with Crippen molar-refractivity contribution in [2.75, 3.05) is 0 Å². The molecule has 0 aromatic heterocycles. The van der Waals surface area contributed by atoms with Crippen LogP contribution in [0, 0.1) is 13.8 Å². The fourth-order valence-electron chi connectivity index (χ4n) is 1.63. The second-order valence-electron chi connectivity index (χ2n) is 3.69. The molecule has 0 spiro atoms. The molecule has 0 aliphatic carbocycles. The molecule has 0 aliphatic rings. The molecule has 0 saturated carbocycles. The van der Waals surface area contributed by atoms with E-state index in [0.29, 0.717) is 0 Å². The fraction of sp³-hybridized carbons (Fsp3) is 0. The first kappa shape index (κ1) is 10.7. The zero-order valence-corrected chi connectivity index (χ0v) is 9.19. The van der Waals surface area contributed by atoms with Crippen LogP contribution in [0.3, 0.4) is 0 Å². The monoisotopic (exact) mass is 206 g/mol. The van der Waals surface area contributed by atoms with Crippen molar-refractivity contribution in [2.24, 2.45) is 0 Å².